The van der Waals surface area contributed by atoms with Gasteiger partial charge in [0.2, 0.25) is 0 Å². The van der Waals surface area contributed by atoms with E-state index in [4.69, 9.17) is 5.11 Å². The minimum Gasteiger partial charge on any atom is -0.481 e. The van der Waals surface area contributed by atoms with E-state index in [1.54, 1.807) is 0 Å². The third kappa shape index (κ3) is 4.56. The van der Waals surface area contributed by atoms with Gasteiger partial charge in [-0.15, -0.1) is 0 Å². The number of carboxylic acids is 1. The number of aliphatic carboxylic acids is 1. The zero-order valence-corrected chi connectivity index (χ0v) is 9.41. The molecule has 0 aliphatic rings. The van der Waals surface area contributed by atoms with Crippen molar-refractivity contribution in [2.45, 2.75) is 12.8 Å². The number of carbonyl (C=O) groups excluding carboxylic acids is 1. The summed E-state index contributed by atoms with van der Waals surface area (Å²) >= 11 is 0. The lowest BCUT2D eigenvalue weighted by atomic mass is 10.1. The van der Waals surface area contributed by atoms with Gasteiger partial charge in [0.05, 0.1) is 11.3 Å². The summed E-state index contributed by atoms with van der Waals surface area (Å²) in [5.41, 5.74) is 0.619. The molecule has 1 N–H and O–H groups in total. The molecule has 0 amide bonds. The molecule has 0 saturated heterocycles. The van der Waals surface area contributed by atoms with Crippen LogP contribution >= 0.6 is 0 Å². The highest BCUT2D eigenvalue weighted by molar-refractivity contribution is 5.95. The molecule has 0 spiro atoms. The SMILES string of the molecule is O=C(O)CCC(=O)/C=C/c1ccc([N+](=O)[O-])cc1. The summed E-state index contributed by atoms with van der Waals surface area (Å²) in [6.45, 7) is 0. The molecule has 0 aliphatic heterocycles. The lowest BCUT2D eigenvalue weighted by molar-refractivity contribution is -0.384. The van der Waals surface area contributed by atoms with E-state index in [0.29, 0.717) is 5.56 Å². The Kier molecular flexibility index (Phi) is 4.74. The molecular formula is C12H11NO5. The Bertz CT molecular complexity index is 490. The van der Waals surface area contributed by atoms with Crippen LogP contribution in [0.15, 0.2) is 30.3 Å². The molecule has 1 aromatic rings. The maximum absolute atomic E-state index is 11.2. The molecule has 1 rings (SSSR count). The standard InChI is InChI=1S/C12H11NO5/c14-11(7-8-12(15)16)6-3-9-1-4-10(5-2-9)13(17)18/h1-6H,7-8H2,(H,15,16)/b6-3+. The first-order chi connectivity index (χ1) is 8.49. The van der Waals surface area contributed by atoms with Gasteiger partial charge in [-0.25, -0.2) is 0 Å². The third-order valence-corrected chi connectivity index (χ3v) is 2.15. The summed E-state index contributed by atoms with van der Waals surface area (Å²) in [4.78, 5) is 31.4. The Morgan fingerprint density at radius 2 is 1.83 bits per heavy atom. The van der Waals surface area contributed by atoms with E-state index in [9.17, 15) is 19.7 Å². The minimum atomic E-state index is -1.02. The lowest BCUT2D eigenvalue weighted by Gasteiger charge is -1.94. The smallest absolute Gasteiger partial charge is 0.303 e. The highest BCUT2D eigenvalue weighted by Gasteiger charge is 2.04. The van der Waals surface area contributed by atoms with Crippen molar-refractivity contribution in [1.29, 1.82) is 0 Å². The Balaban J connectivity index is 2.58. The summed E-state index contributed by atoms with van der Waals surface area (Å²) in [5, 5.41) is 18.8. The van der Waals surface area contributed by atoms with Gasteiger partial charge in [0.1, 0.15) is 0 Å². The largest absolute Gasteiger partial charge is 0.481 e. The second-order valence-electron chi connectivity index (χ2n) is 3.54. The Morgan fingerprint density at radius 3 is 2.33 bits per heavy atom. The van der Waals surface area contributed by atoms with Gasteiger partial charge in [0, 0.05) is 18.6 Å². The normalized spacial score (nSPS) is 10.4. The summed E-state index contributed by atoms with van der Waals surface area (Å²) in [7, 11) is 0. The number of non-ortho nitro benzene ring substituents is 1. The predicted molar refractivity (Wildman–Crippen MR) is 64.0 cm³/mol. The number of rotatable bonds is 6. The van der Waals surface area contributed by atoms with Gasteiger partial charge in [0.25, 0.3) is 5.69 Å². The highest BCUT2D eigenvalue weighted by atomic mass is 16.6. The quantitative estimate of drug-likeness (QED) is 0.472. The van der Waals surface area contributed by atoms with Gasteiger partial charge in [-0.1, -0.05) is 6.08 Å². The molecule has 18 heavy (non-hydrogen) atoms. The number of carbonyl (C=O) groups is 2. The molecule has 94 valence electrons. The number of hydrogen-bond donors (Lipinski definition) is 1. The van der Waals surface area contributed by atoms with Gasteiger partial charge >= 0.3 is 5.97 Å². The second-order valence-corrected chi connectivity index (χ2v) is 3.54. The number of allylic oxidation sites excluding steroid dienone is 1. The molecule has 0 saturated carbocycles. The fraction of sp³-hybridized carbons (Fsp3) is 0.167. The zero-order chi connectivity index (χ0) is 13.5. The van der Waals surface area contributed by atoms with Gasteiger partial charge in [0.15, 0.2) is 5.78 Å². The molecule has 0 atom stereocenters. The van der Waals surface area contributed by atoms with Gasteiger partial charge in [-0.3, -0.25) is 19.7 Å². The minimum absolute atomic E-state index is 0.0237. The number of carboxylic acid groups (broad SMARTS) is 1. The molecular weight excluding hydrogens is 238 g/mol. The molecule has 0 bridgehead atoms. The van der Waals surface area contributed by atoms with E-state index in [0.717, 1.165) is 0 Å². The van der Waals surface area contributed by atoms with E-state index >= 15 is 0 Å². The monoisotopic (exact) mass is 249 g/mol. The fourth-order valence-corrected chi connectivity index (χ4v) is 1.21. The Hall–Kier alpha value is -2.50. The maximum atomic E-state index is 11.2. The van der Waals surface area contributed by atoms with Crippen LogP contribution in [0.5, 0.6) is 0 Å². The predicted octanol–water partition coefficient (Wildman–Crippen LogP) is 2.04. The van der Waals surface area contributed by atoms with Crippen LogP contribution in [0.1, 0.15) is 18.4 Å². The lowest BCUT2D eigenvalue weighted by Crippen LogP contribution is -1.99. The van der Waals surface area contributed by atoms with Crippen LogP contribution in [0.25, 0.3) is 6.08 Å². The number of ketones is 1. The van der Waals surface area contributed by atoms with Crippen molar-refractivity contribution in [3.8, 4) is 0 Å². The summed E-state index contributed by atoms with van der Waals surface area (Å²) in [6.07, 6.45) is 2.50. The highest BCUT2D eigenvalue weighted by Crippen LogP contribution is 2.12. The van der Waals surface area contributed by atoms with Crippen LogP contribution in [0.2, 0.25) is 0 Å². The van der Waals surface area contributed by atoms with Gasteiger partial charge < -0.3 is 5.11 Å². The van der Waals surface area contributed by atoms with Crippen molar-refractivity contribution in [3.05, 3.63) is 46.0 Å². The number of hydrogen-bond acceptors (Lipinski definition) is 4. The molecule has 0 radical (unpaired) electrons. The Labute approximate surface area is 103 Å². The first kappa shape index (κ1) is 13.6. The average molecular weight is 249 g/mol. The fourth-order valence-electron chi connectivity index (χ4n) is 1.21. The number of nitro benzene ring substituents is 1. The van der Waals surface area contributed by atoms with Crippen LogP contribution in [0.3, 0.4) is 0 Å². The Morgan fingerprint density at radius 1 is 1.22 bits per heavy atom. The van der Waals surface area contributed by atoms with Gasteiger partial charge in [-0.05, 0) is 23.8 Å². The molecule has 0 aliphatic carbocycles. The summed E-state index contributed by atoms with van der Waals surface area (Å²) in [5.74, 6) is -1.32. The average Bonchev–Trinajstić information content (AvgIpc) is 2.34. The van der Waals surface area contributed by atoms with Gasteiger partial charge in [-0.2, -0.15) is 0 Å². The molecule has 6 heteroatoms. The van der Waals surface area contributed by atoms with Crippen LogP contribution in [-0.2, 0) is 9.59 Å². The first-order valence-electron chi connectivity index (χ1n) is 5.16. The second kappa shape index (κ2) is 6.29. The van der Waals surface area contributed by atoms with Crippen molar-refractivity contribution in [2.24, 2.45) is 0 Å². The van der Waals surface area contributed by atoms with Crippen molar-refractivity contribution >= 4 is 23.5 Å². The number of nitro groups is 1. The van der Waals surface area contributed by atoms with E-state index in [1.165, 1.54) is 36.4 Å². The van der Waals surface area contributed by atoms with Crippen molar-refractivity contribution < 1.29 is 19.6 Å². The van der Waals surface area contributed by atoms with Crippen LogP contribution in [0, 0.1) is 10.1 Å². The number of nitrogens with zero attached hydrogens (tertiary/aromatic N) is 1. The van der Waals surface area contributed by atoms with E-state index in [1.807, 2.05) is 0 Å². The summed E-state index contributed by atoms with van der Waals surface area (Å²) in [6, 6.07) is 5.70. The first-order valence-corrected chi connectivity index (χ1v) is 5.16. The number of benzene rings is 1. The third-order valence-electron chi connectivity index (χ3n) is 2.15. The summed E-state index contributed by atoms with van der Waals surface area (Å²) < 4.78 is 0. The van der Waals surface area contributed by atoms with E-state index in [-0.39, 0.29) is 24.3 Å². The van der Waals surface area contributed by atoms with Crippen LogP contribution < -0.4 is 0 Å². The van der Waals surface area contributed by atoms with Crippen molar-refractivity contribution in [1.82, 2.24) is 0 Å². The van der Waals surface area contributed by atoms with E-state index < -0.39 is 10.9 Å². The van der Waals surface area contributed by atoms with Crippen molar-refractivity contribution in [2.75, 3.05) is 0 Å². The molecule has 6 nitrogen and oxygen atoms in total. The van der Waals surface area contributed by atoms with E-state index in [2.05, 4.69) is 0 Å². The maximum Gasteiger partial charge on any atom is 0.303 e. The molecule has 0 fully saturated rings. The zero-order valence-electron chi connectivity index (χ0n) is 9.41. The molecule has 0 aromatic heterocycles. The molecule has 0 heterocycles. The van der Waals surface area contributed by atoms with Crippen LogP contribution in [0.4, 0.5) is 5.69 Å². The molecule has 0 unspecified atom stereocenters. The topological polar surface area (TPSA) is 97.5 Å². The molecule has 1 aromatic carbocycles. The van der Waals surface area contributed by atoms with Crippen LogP contribution in [-0.4, -0.2) is 21.8 Å². The van der Waals surface area contributed by atoms with Crippen molar-refractivity contribution in [3.63, 3.8) is 0 Å².